The number of unbranched alkanes of at least 4 members (excludes halogenated alkanes) is 2. The summed E-state index contributed by atoms with van der Waals surface area (Å²) in [5, 5.41) is 5.21. The molecule has 1 unspecified atom stereocenters. The number of ether oxygens (including phenoxy) is 1. The first-order valence-corrected chi connectivity index (χ1v) is 20.3. The zero-order chi connectivity index (χ0) is 39.4. The molecule has 1 heterocycles. The number of allylic oxidation sites excluding steroid dienone is 1. The molecule has 3 aliphatic carbocycles. The molecule has 0 bridgehead atoms. The summed E-state index contributed by atoms with van der Waals surface area (Å²) in [4.78, 5) is 60.6. The van der Waals surface area contributed by atoms with Crippen molar-refractivity contribution in [3.05, 3.63) is 60.1 Å². The van der Waals surface area contributed by atoms with Gasteiger partial charge in [0.15, 0.2) is 0 Å². The molecular formula is C37H46F3N5O7S2. The molecule has 6 atom stereocenters. The van der Waals surface area contributed by atoms with Crippen LogP contribution in [0.5, 0.6) is 0 Å². The molecule has 294 valence electrons. The number of aromatic nitrogens is 1. The molecule has 0 saturated heterocycles. The van der Waals surface area contributed by atoms with E-state index in [9.17, 15) is 40.8 Å². The Morgan fingerprint density at radius 3 is 2.41 bits per heavy atom. The quantitative estimate of drug-likeness (QED) is 0.142. The van der Waals surface area contributed by atoms with E-state index in [1.54, 1.807) is 32.3 Å². The maximum absolute atomic E-state index is 14.0. The molecule has 4 amide bonds. The van der Waals surface area contributed by atoms with Crippen molar-refractivity contribution in [1.82, 2.24) is 19.9 Å². The molecule has 17 heteroatoms. The molecule has 0 aliphatic heterocycles. The third-order valence-electron chi connectivity index (χ3n) is 10.2. The maximum Gasteiger partial charge on any atom is 0.416 e. The van der Waals surface area contributed by atoms with E-state index >= 15 is 0 Å². The number of amides is 4. The third kappa shape index (κ3) is 10.1. The first kappa shape index (κ1) is 40.9. The van der Waals surface area contributed by atoms with E-state index in [0.717, 1.165) is 29.9 Å². The standard InChI is InChI=1S/C37H46F3N5O7S2/c1-5-7-8-9-14-45(4)35(48)29-19-25(52-36(49)43-31-17-24(37(38,39)40)10-13-27(31)34-41-20-21(3)53-34)18-28(29)33(47)42-30-16-23(15-22(30)6-2)32(46)44-54(50,51)26-11-12-26/h5-6,10,13,17,20,22-23,25-26,28-30H,1-2,7-9,11-12,14-16,18-19H2,3-4H3,(H,42,47)(H,43,49)(H,44,46)/t22-,23-,25-,28-,29-,30?/m1/s1. The highest BCUT2D eigenvalue weighted by Gasteiger charge is 2.47. The molecule has 12 nitrogen and oxygen atoms in total. The lowest BCUT2D eigenvalue weighted by molar-refractivity contribution is -0.140. The van der Waals surface area contributed by atoms with Crippen LogP contribution < -0.4 is 15.4 Å². The average molecular weight is 794 g/mol. The highest BCUT2D eigenvalue weighted by atomic mass is 32.2. The Morgan fingerprint density at radius 2 is 1.78 bits per heavy atom. The number of halogens is 3. The normalized spacial score (nSPS) is 24.0. The Labute approximate surface area is 317 Å². The Morgan fingerprint density at radius 1 is 1.06 bits per heavy atom. The highest BCUT2D eigenvalue weighted by Crippen LogP contribution is 2.40. The Bertz CT molecular complexity index is 1860. The smallest absolute Gasteiger partial charge is 0.416 e. The van der Waals surface area contributed by atoms with E-state index in [4.69, 9.17) is 4.74 Å². The zero-order valence-electron chi connectivity index (χ0n) is 30.2. The van der Waals surface area contributed by atoms with Crippen LogP contribution in [0.1, 0.15) is 68.2 Å². The second-order valence-corrected chi connectivity index (χ2v) is 17.5. The van der Waals surface area contributed by atoms with Gasteiger partial charge in [0.05, 0.1) is 28.3 Å². The molecule has 3 saturated carbocycles. The molecule has 3 N–H and O–H groups in total. The lowest BCUT2D eigenvalue weighted by atomic mass is 9.92. The number of benzene rings is 1. The summed E-state index contributed by atoms with van der Waals surface area (Å²) >= 11 is 1.24. The largest absolute Gasteiger partial charge is 0.446 e. The summed E-state index contributed by atoms with van der Waals surface area (Å²) in [6.07, 6.45) is 1.91. The number of anilines is 1. The Kier molecular flexibility index (Phi) is 12.9. The molecule has 1 aromatic carbocycles. The van der Waals surface area contributed by atoms with Gasteiger partial charge in [-0.05, 0) is 88.8 Å². The van der Waals surface area contributed by atoms with Gasteiger partial charge in [-0.3, -0.25) is 24.4 Å². The fourth-order valence-electron chi connectivity index (χ4n) is 7.15. The van der Waals surface area contributed by atoms with Crippen LogP contribution in [0.15, 0.2) is 49.7 Å². The predicted molar refractivity (Wildman–Crippen MR) is 198 cm³/mol. The molecule has 0 spiro atoms. The van der Waals surface area contributed by atoms with Crippen LogP contribution >= 0.6 is 11.3 Å². The highest BCUT2D eigenvalue weighted by molar-refractivity contribution is 7.90. The monoisotopic (exact) mass is 793 g/mol. The third-order valence-corrected chi connectivity index (χ3v) is 13.0. The van der Waals surface area contributed by atoms with E-state index in [1.165, 1.54) is 22.3 Å². The fraction of sp³-hybridized carbons (Fsp3) is 0.541. The molecule has 2 aromatic rings. The van der Waals surface area contributed by atoms with E-state index < -0.39 is 74.8 Å². The van der Waals surface area contributed by atoms with Crippen LogP contribution in [0.3, 0.4) is 0 Å². The van der Waals surface area contributed by atoms with Crippen molar-refractivity contribution in [2.24, 2.45) is 23.7 Å². The molecule has 3 aliphatic rings. The summed E-state index contributed by atoms with van der Waals surface area (Å²) in [6, 6.07) is 2.36. The minimum absolute atomic E-state index is 0.0118. The molecule has 0 radical (unpaired) electrons. The number of nitrogens with one attached hydrogen (secondary N) is 3. The van der Waals surface area contributed by atoms with Crippen molar-refractivity contribution >= 4 is 50.9 Å². The number of alkyl halides is 3. The van der Waals surface area contributed by atoms with Gasteiger partial charge < -0.3 is 15.0 Å². The van der Waals surface area contributed by atoms with Crippen molar-refractivity contribution in [2.75, 3.05) is 18.9 Å². The lowest BCUT2D eigenvalue weighted by Gasteiger charge is -2.26. The topological polar surface area (TPSA) is 164 Å². The van der Waals surface area contributed by atoms with Gasteiger partial charge in [0.1, 0.15) is 11.1 Å². The summed E-state index contributed by atoms with van der Waals surface area (Å²) < 4.78 is 73.6. The summed E-state index contributed by atoms with van der Waals surface area (Å²) in [7, 11) is -2.13. The van der Waals surface area contributed by atoms with Gasteiger partial charge in [0.2, 0.25) is 27.7 Å². The van der Waals surface area contributed by atoms with Gasteiger partial charge in [-0.15, -0.1) is 24.5 Å². The molecular weight excluding hydrogens is 748 g/mol. The predicted octanol–water partition coefficient (Wildman–Crippen LogP) is 6.20. The van der Waals surface area contributed by atoms with Crippen LogP contribution in [0.25, 0.3) is 10.6 Å². The van der Waals surface area contributed by atoms with Crippen molar-refractivity contribution in [3.8, 4) is 10.6 Å². The number of thiazole rings is 1. The number of rotatable bonds is 15. The van der Waals surface area contributed by atoms with Gasteiger partial charge in [-0.2, -0.15) is 13.2 Å². The van der Waals surface area contributed by atoms with E-state index in [-0.39, 0.29) is 48.8 Å². The number of carbonyl (C=O) groups excluding carboxylic acids is 4. The summed E-state index contributed by atoms with van der Waals surface area (Å²) in [6.45, 7) is 9.76. The van der Waals surface area contributed by atoms with Crippen molar-refractivity contribution in [1.29, 1.82) is 0 Å². The number of carbonyl (C=O) groups is 4. The first-order chi connectivity index (χ1) is 25.5. The van der Waals surface area contributed by atoms with Crippen LogP contribution in [-0.2, 0) is 35.3 Å². The van der Waals surface area contributed by atoms with E-state index in [2.05, 4.69) is 33.5 Å². The van der Waals surface area contributed by atoms with Gasteiger partial charge >= 0.3 is 12.3 Å². The van der Waals surface area contributed by atoms with Crippen molar-refractivity contribution in [3.63, 3.8) is 0 Å². The minimum atomic E-state index is -4.68. The van der Waals surface area contributed by atoms with Crippen LogP contribution in [0, 0.1) is 30.6 Å². The lowest BCUT2D eigenvalue weighted by Crippen LogP contribution is -2.45. The first-order valence-electron chi connectivity index (χ1n) is 18.0. The Hall–Kier alpha value is -4.25. The molecule has 54 heavy (non-hydrogen) atoms. The number of nitrogens with zero attached hydrogens (tertiary/aromatic N) is 2. The van der Waals surface area contributed by atoms with E-state index in [1.807, 2.05) is 0 Å². The van der Waals surface area contributed by atoms with Crippen molar-refractivity contribution in [2.45, 2.75) is 88.3 Å². The Balaban J connectivity index is 1.30. The van der Waals surface area contributed by atoms with Gasteiger partial charge in [-0.25, -0.2) is 18.2 Å². The van der Waals surface area contributed by atoms with Crippen molar-refractivity contribution < 1.29 is 45.5 Å². The fourth-order valence-corrected chi connectivity index (χ4v) is 9.32. The number of hydrogen-bond donors (Lipinski definition) is 3. The minimum Gasteiger partial charge on any atom is -0.446 e. The average Bonchev–Trinajstić information content (AvgIpc) is 3.58. The number of aryl methyl sites for hydroxylation is 1. The summed E-state index contributed by atoms with van der Waals surface area (Å²) in [5.74, 6) is -4.33. The molecule has 3 fully saturated rings. The second kappa shape index (κ2) is 17.0. The van der Waals surface area contributed by atoms with Crippen LogP contribution in [-0.4, -0.2) is 73.1 Å². The molecule has 1 aromatic heterocycles. The number of sulfonamides is 1. The molecule has 5 rings (SSSR count). The van der Waals surface area contributed by atoms with Gasteiger partial charge in [0, 0.05) is 42.2 Å². The van der Waals surface area contributed by atoms with Gasteiger partial charge in [-0.1, -0.05) is 12.2 Å². The summed E-state index contributed by atoms with van der Waals surface area (Å²) in [5.41, 5.74) is -0.884. The van der Waals surface area contributed by atoms with E-state index in [0.29, 0.717) is 30.8 Å². The number of hydrogen-bond acceptors (Lipinski definition) is 9. The maximum atomic E-state index is 14.0. The second-order valence-electron chi connectivity index (χ2n) is 14.3. The van der Waals surface area contributed by atoms with Crippen LogP contribution in [0.2, 0.25) is 0 Å². The zero-order valence-corrected chi connectivity index (χ0v) is 31.8. The van der Waals surface area contributed by atoms with Gasteiger partial charge in [0.25, 0.3) is 0 Å². The SMILES string of the molecule is C=CCCCCN(C)C(=O)[C@@H]1C[C@H](OC(=O)Nc2cc(C(F)(F)F)ccc2-c2ncc(C)s2)C[C@H]1C(=O)NC1C[C@H](C(=O)NS(=O)(=O)C2CC2)C[C@H]1C=C. The van der Waals surface area contributed by atoms with Crippen LogP contribution in [0.4, 0.5) is 23.7 Å².